The Hall–Kier alpha value is -1.34. The van der Waals surface area contributed by atoms with Crippen molar-refractivity contribution in [2.45, 2.75) is 13.0 Å². The molecule has 0 saturated carbocycles. The molecule has 0 aliphatic carbocycles. The summed E-state index contributed by atoms with van der Waals surface area (Å²) in [7, 11) is 0. The first-order chi connectivity index (χ1) is 9.02. The third-order valence-corrected chi connectivity index (χ3v) is 4.42. The Kier molecular flexibility index (Phi) is 4.26. The minimum atomic E-state index is -0.622. The lowest BCUT2D eigenvalue weighted by molar-refractivity contribution is -0.147. The van der Waals surface area contributed by atoms with E-state index in [-0.39, 0.29) is 12.6 Å². The van der Waals surface area contributed by atoms with Gasteiger partial charge in [0.2, 0.25) is 0 Å². The molecule has 0 bridgehead atoms. The lowest BCUT2D eigenvalue weighted by Gasteiger charge is -2.32. The quantitative estimate of drug-likeness (QED) is 0.828. The number of esters is 1. The largest absolute Gasteiger partial charge is 0.465 e. The topological polar surface area (TPSA) is 67.4 Å². The number of halogens is 1. The molecule has 1 aliphatic heterocycles. The number of nitrogens with one attached hydrogen (secondary N) is 2. The van der Waals surface area contributed by atoms with E-state index >= 15 is 0 Å². The van der Waals surface area contributed by atoms with Crippen LogP contribution in [0.3, 0.4) is 0 Å². The van der Waals surface area contributed by atoms with E-state index in [2.05, 4.69) is 33.1 Å². The standard InChI is InChI=1S/C12H13BrN2O3S/c1-3-18-11(16)9-6(2)14-12(17)15-10(9)7-4-5-8(13)19-7/h4-5,9-10H,2-3H2,1H3,(H2,14,15,17). The molecule has 0 radical (unpaired) electrons. The van der Waals surface area contributed by atoms with Crippen molar-refractivity contribution in [1.29, 1.82) is 0 Å². The van der Waals surface area contributed by atoms with Gasteiger partial charge in [0.15, 0.2) is 0 Å². The molecule has 1 fully saturated rings. The van der Waals surface area contributed by atoms with Crippen LogP contribution in [-0.2, 0) is 9.53 Å². The van der Waals surface area contributed by atoms with Gasteiger partial charge < -0.3 is 15.4 Å². The smallest absolute Gasteiger partial charge is 0.319 e. The van der Waals surface area contributed by atoms with E-state index in [0.717, 1.165) is 8.66 Å². The van der Waals surface area contributed by atoms with Crippen LogP contribution in [0.4, 0.5) is 4.79 Å². The molecule has 0 spiro atoms. The Balaban J connectivity index is 2.32. The Morgan fingerprint density at radius 2 is 2.32 bits per heavy atom. The maximum atomic E-state index is 12.0. The highest BCUT2D eigenvalue weighted by Gasteiger charge is 2.39. The molecule has 1 aromatic rings. The number of carbonyl (C=O) groups is 2. The van der Waals surface area contributed by atoms with Gasteiger partial charge in [-0.15, -0.1) is 11.3 Å². The molecule has 2 atom stereocenters. The highest BCUT2D eigenvalue weighted by molar-refractivity contribution is 9.11. The van der Waals surface area contributed by atoms with Crippen LogP contribution in [0.25, 0.3) is 0 Å². The van der Waals surface area contributed by atoms with Crippen LogP contribution in [0.5, 0.6) is 0 Å². The fraction of sp³-hybridized carbons (Fsp3) is 0.333. The highest BCUT2D eigenvalue weighted by atomic mass is 79.9. The first-order valence-electron chi connectivity index (χ1n) is 5.71. The van der Waals surface area contributed by atoms with Gasteiger partial charge in [-0.3, -0.25) is 4.79 Å². The first-order valence-corrected chi connectivity index (χ1v) is 7.32. The van der Waals surface area contributed by atoms with Crippen LogP contribution in [0, 0.1) is 5.92 Å². The predicted molar refractivity (Wildman–Crippen MR) is 75.7 cm³/mol. The van der Waals surface area contributed by atoms with Gasteiger partial charge in [-0.05, 0) is 35.0 Å². The van der Waals surface area contributed by atoms with Gasteiger partial charge in [-0.25, -0.2) is 4.79 Å². The highest BCUT2D eigenvalue weighted by Crippen LogP contribution is 2.35. The lowest BCUT2D eigenvalue weighted by atomic mass is 9.93. The normalized spacial score (nSPS) is 22.6. The zero-order chi connectivity index (χ0) is 14.0. The lowest BCUT2D eigenvalue weighted by Crippen LogP contribution is -2.50. The molecule has 1 saturated heterocycles. The summed E-state index contributed by atoms with van der Waals surface area (Å²) in [5, 5.41) is 5.27. The minimum absolute atomic E-state index is 0.289. The molecule has 7 heteroatoms. The van der Waals surface area contributed by atoms with Gasteiger partial charge in [0, 0.05) is 10.6 Å². The summed E-state index contributed by atoms with van der Waals surface area (Å²) in [6.07, 6.45) is 0. The van der Waals surface area contributed by atoms with Gasteiger partial charge >= 0.3 is 12.0 Å². The fourth-order valence-corrected chi connectivity index (χ4v) is 3.44. The average molecular weight is 345 g/mol. The van der Waals surface area contributed by atoms with E-state index in [1.54, 1.807) is 6.92 Å². The minimum Gasteiger partial charge on any atom is -0.465 e. The van der Waals surface area contributed by atoms with E-state index in [1.165, 1.54) is 11.3 Å². The molecule has 2 N–H and O–H groups in total. The number of thiophene rings is 1. The second kappa shape index (κ2) is 5.75. The molecule has 2 heterocycles. The second-order valence-corrected chi connectivity index (χ2v) is 6.47. The summed E-state index contributed by atoms with van der Waals surface area (Å²) in [6, 6.07) is 2.93. The fourth-order valence-electron chi connectivity index (χ4n) is 1.93. The molecule has 102 valence electrons. The molecular weight excluding hydrogens is 332 g/mol. The number of hydrogen-bond acceptors (Lipinski definition) is 4. The summed E-state index contributed by atoms with van der Waals surface area (Å²) >= 11 is 4.83. The van der Waals surface area contributed by atoms with Gasteiger partial charge in [-0.2, -0.15) is 0 Å². The average Bonchev–Trinajstić information content (AvgIpc) is 2.75. The third kappa shape index (κ3) is 2.98. The zero-order valence-electron chi connectivity index (χ0n) is 10.2. The van der Waals surface area contributed by atoms with E-state index in [9.17, 15) is 9.59 Å². The number of hydrogen-bond donors (Lipinski definition) is 2. The molecule has 1 aromatic heterocycles. The predicted octanol–water partition coefficient (Wildman–Crippen LogP) is 2.56. The first kappa shape index (κ1) is 14.1. The van der Waals surface area contributed by atoms with Gasteiger partial charge in [0.25, 0.3) is 0 Å². The molecule has 2 unspecified atom stereocenters. The molecule has 0 aromatic carbocycles. The van der Waals surface area contributed by atoms with Crippen molar-refractivity contribution in [3.8, 4) is 0 Å². The van der Waals surface area contributed by atoms with Crippen LogP contribution in [0.15, 0.2) is 28.2 Å². The summed E-state index contributed by atoms with van der Waals surface area (Å²) in [4.78, 5) is 24.4. The van der Waals surface area contributed by atoms with E-state index in [4.69, 9.17) is 4.74 Å². The SMILES string of the molecule is C=C1NC(=O)NC(c2ccc(Br)s2)C1C(=O)OCC. The Labute approximate surface area is 123 Å². The van der Waals surface area contributed by atoms with Crippen molar-refractivity contribution in [3.05, 3.63) is 33.1 Å². The van der Waals surface area contributed by atoms with Crippen molar-refractivity contribution in [3.63, 3.8) is 0 Å². The van der Waals surface area contributed by atoms with Crippen LogP contribution >= 0.6 is 27.3 Å². The Morgan fingerprint density at radius 3 is 2.89 bits per heavy atom. The van der Waals surface area contributed by atoms with E-state index < -0.39 is 17.9 Å². The van der Waals surface area contributed by atoms with E-state index in [1.807, 2.05) is 12.1 Å². The number of carbonyl (C=O) groups excluding carboxylic acids is 2. The summed E-state index contributed by atoms with van der Waals surface area (Å²) in [5.41, 5.74) is 0.358. The van der Waals surface area contributed by atoms with Crippen molar-refractivity contribution < 1.29 is 14.3 Å². The molecule has 5 nitrogen and oxygen atoms in total. The number of urea groups is 1. The van der Waals surface area contributed by atoms with E-state index in [0.29, 0.717) is 5.70 Å². The monoisotopic (exact) mass is 344 g/mol. The molecule has 19 heavy (non-hydrogen) atoms. The number of ether oxygens (including phenoxy) is 1. The zero-order valence-corrected chi connectivity index (χ0v) is 12.6. The maximum Gasteiger partial charge on any atom is 0.319 e. The number of rotatable bonds is 3. The maximum absolute atomic E-state index is 12.0. The van der Waals surface area contributed by atoms with Crippen molar-refractivity contribution in [2.24, 2.45) is 5.92 Å². The summed E-state index contributed by atoms with van der Waals surface area (Å²) in [6.45, 7) is 5.78. The van der Waals surface area contributed by atoms with Gasteiger partial charge in [0.1, 0.15) is 5.92 Å². The van der Waals surface area contributed by atoms with Gasteiger partial charge in [-0.1, -0.05) is 6.58 Å². The summed E-state index contributed by atoms with van der Waals surface area (Å²) < 4.78 is 5.98. The van der Waals surface area contributed by atoms with Crippen LogP contribution in [-0.4, -0.2) is 18.6 Å². The Bertz CT molecular complexity index is 529. The Morgan fingerprint density at radius 1 is 1.58 bits per heavy atom. The van der Waals surface area contributed by atoms with Crippen molar-refractivity contribution in [1.82, 2.24) is 10.6 Å². The van der Waals surface area contributed by atoms with Crippen LogP contribution in [0.2, 0.25) is 0 Å². The third-order valence-electron chi connectivity index (χ3n) is 2.71. The molecule has 2 amide bonds. The summed E-state index contributed by atoms with van der Waals surface area (Å²) in [5.74, 6) is -1.02. The molecular formula is C12H13BrN2O3S. The van der Waals surface area contributed by atoms with Gasteiger partial charge in [0.05, 0.1) is 16.4 Å². The van der Waals surface area contributed by atoms with Crippen LogP contribution in [0.1, 0.15) is 17.8 Å². The van der Waals surface area contributed by atoms with Crippen molar-refractivity contribution >= 4 is 39.3 Å². The van der Waals surface area contributed by atoms with Crippen molar-refractivity contribution in [2.75, 3.05) is 6.61 Å². The molecule has 2 rings (SSSR count). The van der Waals surface area contributed by atoms with Crippen LogP contribution < -0.4 is 10.6 Å². The molecule has 1 aliphatic rings. The second-order valence-electron chi connectivity index (χ2n) is 3.97. The number of amides is 2.